The van der Waals surface area contributed by atoms with Gasteiger partial charge in [-0.25, -0.2) is 9.48 Å². The summed E-state index contributed by atoms with van der Waals surface area (Å²) in [5.41, 5.74) is 1.08. The van der Waals surface area contributed by atoms with Crippen LogP contribution >= 0.6 is 0 Å². The van der Waals surface area contributed by atoms with Gasteiger partial charge in [0, 0.05) is 32.5 Å². The number of methoxy groups -OCH3 is 1. The van der Waals surface area contributed by atoms with Crippen LogP contribution in [-0.4, -0.2) is 33.9 Å². The van der Waals surface area contributed by atoms with Crippen molar-refractivity contribution in [1.82, 2.24) is 19.7 Å². The van der Waals surface area contributed by atoms with E-state index in [2.05, 4.69) is 10.4 Å². The fourth-order valence-corrected chi connectivity index (χ4v) is 3.19. The van der Waals surface area contributed by atoms with Crippen molar-refractivity contribution < 1.29 is 9.53 Å². The number of nitrogens with zero attached hydrogens (tertiary/aromatic N) is 3. The van der Waals surface area contributed by atoms with Crippen LogP contribution in [0.15, 0.2) is 29.1 Å². The monoisotopic (exact) mass is 358 g/mol. The highest BCUT2D eigenvalue weighted by atomic mass is 16.5. The number of hydrogen-bond donors (Lipinski definition) is 1. The Hall–Kier alpha value is -2.57. The van der Waals surface area contributed by atoms with Gasteiger partial charge >= 0.3 is 5.69 Å². The number of aryl methyl sites for hydroxylation is 3. The predicted octanol–water partition coefficient (Wildman–Crippen LogP) is 1.53. The first-order chi connectivity index (χ1) is 12.7. The molecule has 0 saturated carbocycles. The molecule has 1 amide bonds. The van der Waals surface area contributed by atoms with Crippen molar-refractivity contribution in [2.45, 2.75) is 51.6 Å². The zero-order valence-electron chi connectivity index (χ0n) is 15.2. The van der Waals surface area contributed by atoms with E-state index in [0.717, 1.165) is 42.9 Å². The number of rotatable bonds is 8. The van der Waals surface area contributed by atoms with E-state index in [-0.39, 0.29) is 11.6 Å². The number of carbonyl (C=O) groups is 1. The van der Waals surface area contributed by atoms with Crippen molar-refractivity contribution in [3.8, 4) is 5.75 Å². The lowest BCUT2D eigenvalue weighted by Gasteiger charge is -2.09. The van der Waals surface area contributed by atoms with Gasteiger partial charge in [0.25, 0.3) is 0 Å². The second kappa shape index (κ2) is 8.69. The third-order valence-electron chi connectivity index (χ3n) is 4.70. The molecule has 0 fully saturated rings. The molecule has 1 N–H and O–H groups in total. The normalized spacial score (nSPS) is 13.3. The molecule has 1 aliphatic rings. The minimum absolute atomic E-state index is 0.0227. The Bertz CT molecular complexity index is 792. The standard InChI is InChI=1S/C19H26N4O3/c1-26-16-9-6-15(7-10-16)8-11-18(24)20-12-4-14-23-19(25)22-13-3-2-5-17(22)21-23/h6-7,9-10H,2-5,8,11-14H2,1H3,(H,20,24). The fraction of sp³-hybridized carbons (Fsp3) is 0.526. The third kappa shape index (κ3) is 4.53. The number of nitrogens with one attached hydrogen (secondary N) is 1. The summed E-state index contributed by atoms with van der Waals surface area (Å²) in [4.78, 5) is 24.2. The van der Waals surface area contributed by atoms with E-state index >= 15 is 0 Å². The van der Waals surface area contributed by atoms with E-state index in [1.165, 1.54) is 4.68 Å². The molecule has 0 unspecified atom stereocenters. The summed E-state index contributed by atoms with van der Waals surface area (Å²) in [6.07, 6.45) is 4.87. The minimum atomic E-state index is -0.0227. The number of fused-ring (bicyclic) bond motifs is 1. The lowest BCUT2D eigenvalue weighted by molar-refractivity contribution is -0.121. The molecule has 7 nitrogen and oxygen atoms in total. The first-order valence-electron chi connectivity index (χ1n) is 9.23. The summed E-state index contributed by atoms with van der Waals surface area (Å²) in [5.74, 6) is 1.73. The fourth-order valence-electron chi connectivity index (χ4n) is 3.19. The van der Waals surface area contributed by atoms with Crippen LogP contribution in [0.3, 0.4) is 0 Å². The van der Waals surface area contributed by atoms with Crippen molar-refractivity contribution in [2.75, 3.05) is 13.7 Å². The molecule has 0 bridgehead atoms. The summed E-state index contributed by atoms with van der Waals surface area (Å²) in [6.45, 7) is 1.87. The van der Waals surface area contributed by atoms with E-state index in [4.69, 9.17) is 4.74 Å². The Morgan fingerprint density at radius 3 is 2.81 bits per heavy atom. The molecule has 1 aromatic heterocycles. The van der Waals surface area contributed by atoms with Gasteiger partial charge in [-0.3, -0.25) is 9.36 Å². The molecule has 2 aromatic rings. The Morgan fingerprint density at radius 2 is 2.08 bits per heavy atom. The number of aromatic nitrogens is 3. The highest BCUT2D eigenvalue weighted by Gasteiger charge is 2.16. The Labute approximate surface area is 153 Å². The number of amides is 1. The third-order valence-corrected chi connectivity index (χ3v) is 4.70. The molecule has 1 aliphatic heterocycles. The molecular weight excluding hydrogens is 332 g/mol. The molecule has 26 heavy (non-hydrogen) atoms. The van der Waals surface area contributed by atoms with E-state index in [1.54, 1.807) is 11.7 Å². The van der Waals surface area contributed by atoms with Crippen molar-refractivity contribution in [2.24, 2.45) is 0 Å². The highest BCUT2D eigenvalue weighted by Crippen LogP contribution is 2.12. The summed E-state index contributed by atoms with van der Waals surface area (Å²) in [6, 6.07) is 7.74. The Morgan fingerprint density at radius 1 is 1.27 bits per heavy atom. The second-order valence-corrected chi connectivity index (χ2v) is 6.58. The molecule has 140 valence electrons. The molecule has 0 radical (unpaired) electrons. The SMILES string of the molecule is COc1ccc(CCC(=O)NCCCn2nc3n(c2=O)CCCC3)cc1. The van der Waals surface area contributed by atoms with Crippen molar-refractivity contribution in [3.05, 3.63) is 46.1 Å². The van der Waals surface area contributed by atoms with Crippen LogP contribution in [0.4, 0.5) is 0 Å². The molecule has 0 spiro atoms. The minimum Gasteiger partial charge on any atom is -0.497 e. The molecular formula is C19H26N4O3. The molecule has 2 heterocycles. The van der Waals surface area contributed by atoms with Crippen LogP contribution in [0.5, 0.6) is 5.75 Å². The number of ether oxygens (including phenoxy) is 1. The zero-order chi connectivity index (χ0) is 18.4. The molecule has 3 rings (SSSR count). The van der Waals surface area contributed by atoms with Crippen LogP contribution in [0.25, 0.3) is 0 Å². The van der Waals surface area contributed by atoms with E-state index < -0.39 is 0 Å². The lowest BCUT2D eigenvalue weighted by Crippen LogP contribution is -2.29. The first-order valence-corrected chi connectivity index (χ1v) is 9.23. The van der Waals surface area contributed by atoms with Gasteiger partial charge in [0.2, 0.25) is 5.91 Å². The summed E-state index contributed by atoms with van der Waals surface area (Å²) < 4.78 is 8.43. The predicted molar refractivity (Wildman–Crippen MR) is 98.4 cm³/mol. The van der Waals surface area contributed by atoms with Crippen molar-refractivity contribution in [1.29, 1.82) is 0 Å². The maximum atomic E-state index is 12.2. The van der Waals surface area contributed by atoms with Crippen LogP contribution in [0, 0.1) is 0 Å². The number of benzene rings is 1. The van der Waals surface area contributed by atoms with Gasteiger partial charge in [0.15, 0.2) is 0 Å². The van der Waals surface area contributed by atoms with E-state index in [1.807, 2.05) is 24.3 Å². The molecule has 7 heteroatoms. The maximum Gasteiger partial charge on any atom is 0.345 e. The van der Waals surface area contributed by atoms with Crippen molar-refractivity contribution in [3.63, 3.8) is 0 Å². The van der Waals surface area contributed by atoms with Gasteiger partial charge in [-0.2, -0.15) is 5.10 Å². The van der Waals surface area contributed by atoms with Gasteiger partial charge < -0.3 is 10.1 Å². The average Bonchev–Trinajstić information content (AvgIpc) is 3.00. The Kier molecular flexibility index (Phi) is 6.09. The number of carbonyl (C=O) groups excluding carboxylic acids is 1. The smallest absolute Gasteiger partial charge is 0.345 e. The first kappa shape index (κ1) is 18.2. The lowest BCUT2D eigenvalue weighted by atomic mass is 10.1. The van der Waals surface area contributed by atoms with E-state index in [0.29, 0.717) is 32.4 Å². The largest absolute Gasteiger partial charge is 0.497 e. The average molecular weight is 358 g/mol. The molecule has 0 aliphatic carbocycles. The van der Waals surface area contributed by atoms with Gasteiger partial charge in [0.1, 0.15) is 11.6 Å². The molecule has 0 saturated heterocycles. The molecule has 0 atom stereocenters. The Balaban J connectivity index is 1.37. The van der Waals surface area contributed by atoms with Gasteiger partial charge in [-0.05, 0) is 43.4 Å². The van der Waals surface area contributed by atoms with Gasteiger partial charge in [0.05, 0.1) is 7.11 Å². The highest BCUT2D eigenvalue weighted by molar-refractivity contribution is 5.76. The topological polar surface area (TPSA) is 78.2 Å². The van der Waals surface area contributed by atoms with Crippen molar-refractivity contribution >= 4 is 5.91 Å². The van der Waals surface area contributed by atoms with Crippen LogP contribution in [-0.2, 0) is 30.7 Å². The zero-order valence-corrected chi connectivity index (χ0v) is 15.2. The van der Waals surface area contributed by atoms with Gasteiger partial charge in [-0.15, -0.1) is 0 Å². The van der Waals surface area contributed by atoms with E-state index in [9.17, 15) is 9.59 Å². The van der Waals surface area contributed by atoms with Crippen LogP contribution < -0.4 is 15.7 Å². The quantitative estimate of drug-likeness (QED) is 0.726. The summed E-state index contributed by atoms with van der Waals surface area (Å²) in [5, 5.41) is 7.31. The molecule has 1 aromatic carbocycles. The number of hydrogen-bond acceptors (Lipinski definition) is 4. The summed E-state index contributed by atoms with van der Waals surface area (Å²) >= 11 is 0. The maximum absolute atomic E-state index is 12.2. The van der Waals surface area contributed by atoms with Crippen LogP contribution in [0.1, 0.15) is 37.1 Å². The van der Waals surface area contributed by atoms with Gasteiger partial charge in [-0.1, -0.05) is 12.1 Å². The summed E-state index contributed by atoms with van der Waals surface area (Å²) in [7, 11) is 1.63. The second-order valence-electron chi connectivity index (χ2n) is 6.58. The van der Waals surface area contributed by atoms with Crippen LogP contribution in [0.2, 0.25) is 0 Å².